The molecule has 1 amide bonds. The molecule has 1 aromatic carbocycles. The van der Waals surface area contributed by atoms with Crippen LogP contribution in [0.4, 0.5) is 0 Å². The van der Waals surface area contributed by atoms with E-state index in [0.717, 1.165) is 11.4 Å². The summed E-state index contributed by atoms with van der Waals surface area (Å²) in [6.07, 6.45) is 4.89. The van der Waals surface area contributed by atoms with Gasteiger partial charge in [0, 0.05) is 24.0 Å². The molecule has 0 saturated carbocycles. The minimum atomic E-state index is -0.160. The summed E-state index contributed by atoms with van der Waals surface area (Å²) in [4.78, 5) is 14.8. The van der Waals surface area contributed by atoms with Crippen LogP contribution >= 0.6 is 0 Å². The van der Waals surface area contributed by atoms with Crippen LogP contribution in [0.2, 0.25) is 0 Å². The summed E-state index contributed by atoms with van der Waals surface area (Å²) in [6.45, 7) is 1.53. The fraction of sp³-hybridized carbons (Fsp3) is 0.250. The van der Waals surface area contributed by atoms with Gasteiger partial charge in [-0.15, -0.1) is 10.2 Å². The Morgan fingerprint density at radius 2 is 2.12 bits per heavy atom. The highest BCUT2D eigenvalue weighted by molar-refractivity contribution is 5.95. The number of aromatic nitrogens is 5. The van der Waals surface area contributed by atoms with E-state index in [4.69, 9.17) is 4.74 Å². The highest BCUT2D eigenvalue weighted by atomic mass is 16.5. The van der Waals surface area contributed by atoms with E-state index in [0.29, 0.717) is 25.3 Å². The van der Waals surface area contributed by atoms with Crippen LogP contribution in [0.1, 0.15) is 22.1 Å². The highest BCUT2D eigenvalue weighted by Gasteiger charge is 2.30. The van der Waals surface area contributed by atoms with E-state index < -0.39 is 0 Å². The van der Waals surface area contributed by atoms with Gasteiger partial charge in [0.25, 0.3) is 5.91 Å². The van der Waals surface area contributed by atoms with Crippen molar-refractivity contribution in [2.45, 2.75) is 6.04 Å². The molecule has 0 unspecified atom stereocenters. The lowest BCUT2D eigenvalue weighted by atomic mass is 10.1. The summed E-state index contributed by atoms with van der Waals surface area (Å²) in [5.41, 5.74) is 2.34. The molecule has 1 aliphatic rings. The van der Waals surface area contributed by atoms with E-state index >= 15 is 0 Å². The molecule has 122 valence electrons. The van der Waals surface area contributed by atoms with Crippen LogP contribution in [0.25, 0.3) is 5.69 Å². The van der Waals surface area contributed by atoms with Crippen molar-refractivity contribution in [2.24, 2.45) is 0 Å². The van der Waals surface area contributed by atoms with Gasteiger partial charge in [0.1, 0.15) is 12.7 Å². The molecular weight excluding hydrogens is 308 g/mol. The molecule has 2 aromatic heterocycles. The molecule has 1 atom stereocenters. The second-order valence-corrected chi connectivity index (χ2v) is 5.52. The molecule has 24 heavy (non-hydrogen) atoms. The normalized spacial score (nSPS) is 17.8. The highest BCUT2D eigenvalue weighted by Crippen LogP contribution is 2.25. The van der Waals surface area contributed by atoms with Crippen LogP contribution in [-0.4, -0.2) is 55.5 Å². The number of carbonyl (C=O) groups excluding carboxylic acids is 1. The van der Waals surface area contributed by atoms with Crippen LogP contribution in [-0.2, 0) is 4.74 Å². The Kier molecular flexibility index (Phi) is 3.80. The fourth-order valence-electron chi connectivity index (χ4n) is 2.86. The Hall–Kier alpha value is -3.00. The minimum Gasteiger partial charge on any atom is -0.377 e. The predicted molar refractivity (Wildman–Crippen MR) is 84.5 cm³/mol. The smallest absolute Gasteiger partial charge is 0.254 e. The minimum absolute atomic E-state index is 0.0344. The lowest BCUT2D eigenvalue weighted by Gasteiger charge is -2.35. The third kappa shape index (κ3) is 2.67. The van der Waals surface area contributed by atoms with E-state index in [2.05, 4.69) is 20.4 Å². The van der Waals surface area contributed by atoms with E-state index in [9.17, 15) is 4.79 Å². The molecule has 1 aliphatic heterocycles. The van der Waals surface area contributed by atoms with Gasteiger partial charge in [0.05, 0.1) is 24.9 Å². The van der Waals surface area contributed by atoms with Crippen molar-refractivity contribution in [3.8, 4) is 5.69 Å². The number of carbonyl (C=O) groups is 1. The van der Waals surface area contributed by atoms with Gasteiger partial charge in [-0.1, -0.05) is 6.07 Å². The van der Waals surface area contributed by atoms with Gasteiger partial charge in [-0.3, -0.25) is 14.5 Å². The van der Waals surface area contributed by atoms with Crippen molar-refractivity contribution in [1.82, 2.24) is 29.9 Å². The zero-order valence-electron chi connectivity index (χ0n) is 12.9. The number of rotatable bonds is 3. The van der Waals surface area contributed by atoms with Crippen LogP contribution in [0.15, 0.2) is 49.2 Å². The Bertz CT molecular complexity index is 815. The summed E-state index contributed by atoms with van der Waals surface area (Å²) in [5, 5.41) is 14.5. The topological polar surface area (TPSA) is 88.9 Å². The zero-order chi connectivity index (χ0) is 16.4. The van der Waals surface area contributed by atoms with Gasteiger partial charge in [-0.05, 0) is 24.3 Å². The maximum Gasteiger partial charge on any atom is 0.254 e. The summed E-state index contributed by atoms with van der Waals surface area (Å²) in [7, 11) is 0. The van der Waals surface area contributed by atoms with Crippen molar-refractivity contribution in [1.29, 1.82) is 0 Å². The summed E-state index contributed by atoms with van der Waals surface area (Å²) >= 11 is 0. The second kappa shape index (κ2) is 6.25. The standard InChI is InChI=1S/C16H16N6O2/c23-16(12-2-1-3-13(8-12)21-10-18-19-11-21)22-6-7-24-9-15(22)14-4-5-17-20-14/h1-5,8,10-11,15H,6-7,9H2,(H,17,20)/t15-/m1/s1. The number of hydrogen-bond donors (Lipinski definition) is 1. The molecule has 1 saturated heterocycles. The van der Waals surface area contributed by atoms with Gasteiger partial charge >= 0.3 is 0 Å². The average molecular weight is 324 g/mol. The van der Waals surface area contributed by atoms with Crippen molar-refractivity contribution in [3.05, 3.63) is 60.4 Å². The quantitative estimate of drug-likeness (QED) is 0.782. The second-order valence-electron chi connectivity index (χ2n) is 5.52. The molecule has 8 heteroatoms. The van der Waals surface area contributed by atoms with E-state index in [1.807, 2.05) is 35.2 Å². The number of hydrogen-bond acceptors (Lipinski definition) is 5. The maximum absolute atomic E-state index is 13.0. The summed E-state index contributed by atoms with van der Waals surface area (Å²) < 4.78 is 7.31. The number of morpholine rings is 1. The van der Waals surface area contributed by atoms with Gasteiger partial charge in [0.15, 0.2) is 0 Å². The predicted octanol–water partition coefficient (Wildman–Crippen LogP) is 1.20. The average Bonchev–Trinajstić information content (AvgIpc) is 3.35. The number of aromatic amines is 1. The number of ether oxygens (including phenoxy) is 1. The number of nitrogens with zero attached hydrogens (tertiary/aromatic N) is 5. The van der Waals surface area contributed by atoms with Crippen LogP contribution in [0.3, 0.4) is 0 Å². The fourth-order valence-corrected chi connectivity index (χ4v) is 2.86. The first-order valence-corrected chi connectivity index (χ1v) is 7.66. The first-order chi connectivity index (χ1) is 11.8. The van der Waals surface area contributed by atoms with Crippen molar-refractivity contribution in [3.63, 3.8) is 0 Å². The third-order valence-electron chi connectivity index (χ3n) is 4.08. The van der Waals surface area contributed by atoms with E-state index in [1.165, 1.54) is 0 Å². The summed E-state index contributed by atoms with van der Waals surface area (Å²) in [6, 6.07) is 9.13. The molecule has 4 rings (SSSR count). The van der Waals surface area contributed by atoms with Crippen molar-refractivity contribution in [2.75, 3.05) is 19.8 Å². The molecule has 3 heterocycles. The maximum atomic E-state index is 13.0. The van der Waals surface area contributed by atoms with E-state index in [-0.39, 0.29) is 11.9 Å². The van der Waals surface area contributed by atoms with Gasteiger partial charge < -0.3 is 9.64 Å². The van der Waals surface area contributed by atoms with Gasteiger partial charge in [-0.25, -0.2) is 0 Å². The molecule has 0 aliphatic carbocycles. The van der Waals surface area contributed by atoms with Crippen LogP contribution in [0, 0.1) is 0 Å². The Balaban J connectivity index is 1.63. The molecule has 3 aromatic rings. The molecule has 1 fully saturated rings. The Morgan fingerprint density at radius 1 is 1.25 bits per heavy atom. The first-order valence-electron chi connectivity index (χ1n) is 7.66. The molecule has 0 radical (unpaired) electrons. The largest absolute Gasteiger partial charge is 0.377 e. The third-order valence-corrected chi connectivity index (χ3v) is 4.08. The molecular formula is C16H16N6O2. The number of H-pyrrole nitrogens is 1. The number of amides is 1. The van der Waals surface area contributed by atoms with Gasteiger partial charge in [0.2, 0.25) is 0 Å². The molecule has 0 spiro atoms. The van der Waals surface area contributed by atoms with Crippen LogP contribution < -0.4 is 0 Å². The number of nitrogens with one attached hydrogen (secondary N) is 1. The summed E-state index contributed by atoms with van der Waals surface area (Å²) in [5.74, 6) is -0.0344. The Labute approximate surface area is 138 Å². The van der Waals surface area contributed by atoms with Gasteiger partial charge in [-0.2, -0.15) is 5.10 Å². The molecule has 0 bridgehead atoms. The lowest BCUT2D eigenvalue weighted by molar-refractivity contribution is -0.00391. The first kappa shape index (κ1) is 14.6. The van der Waals surface area contributed by atoms with Crippen molar-refractivity contribution >= 4 is 5.91 Å². The monoisotopic (exact) mass is 324 g/mol. The van der Waals surface area contributed by atoms with E-state index in [1.54, 1.807) is 23.4 Å². The number of benzene rings is 1. The Morgan fingerprint density at radius 3 is 2.92 bits per heavy atom. The molecule has 1 N–H and O–H groups in total. The zero-order valence-corrected chi connectivity index (χ0v) is 12.9. The SMILES string of the molecule is O=C(c1cccc(-n2cnnc2)c1)N1CCOC[C@@H]1c1ccn[nH]1. The van der Waals surface area contributed by atoms with Crippen molar-refractivity contribution < 1.29 is 9.53 Å². The lowest BCUT2D eigenvalue weighted by Crippen LogP contribution is -2.43. The van der Waals surface area contributed by atoms with Crippen LogP contribution in [0.5, 0.6) is 0 Å². The molecule has 8 nitrogen and oxygen atoms in total.